The number of nitrogens with one attached hydrogen (secondary N) is 1. The average Bonchev–Trinajstić information content (AvgIpc) is 3.31. The molecule has 0 aliphatic carbocycles. The van der Waals surface area contributed by atoms with E-state index in [4.69, 9.17) is 9.47 Å². The second-order valence-electron chi connectivity index (χ2n) is 6.30. The van der Waals surface area contributed by atoms with Crippen molar-refractivity contribution in [3.05, 3.63) is 53.9 Å². The molecule has 1 aromatic carbocycles. The molecule has 0 spiro atoms. The van der Waals surface area contributed by atoms with Gasteiger partial charge < -0.3 is 19.7 Å². The molecule has 1 saturated heterocycles. The van der Waals surface area contributed by atoms with Crippen LogP contribution < -0.4 is 14.8 Å². The first-order valence-corrected chi connectivity index (χ1v) is 8.64. The summed E-state index contributed by atoms with van der Waals surface area (Å²) < 4.78 is 10.7. The maximum absolute atomic E-state index is 12.6. The fraction of sp³-hybridized carbons (Fsp3) is 0.368. The van der Waals surface area contributed by atoms with E-state index in [1.54, 1.807) is 12.4 Å². The molecule has 2 aromatic rings. The highest BCUT2D eigenvalue weighted by Crippen LogP contribution is 2.33. The lowest BCUT2D eigenvalue weighted by molar-refractivity contribution is 0.174. The Kier molecular flexibility index (Phi) is 4.41. The van der Waals surface area contributed by atoms with Gasteiger partial charge in [-0.05, 0) is 54.7 Å². The highest BCUT2D eigenvalue weighted by molar-refractivity contribution is 5.75. The van der Waals surface area contributed by atoms with Crippen molar-refractivity contribution in [3.8, 4) is 11.5 Å². The van der Waals surface area contributed by atoms with E-state index in [1.165, 1.54) is 0 Å². The fourth-order valence-electron chi connectivity index (χ4n) is 3.45. The van der Waals surface area contributed by atoms with Gasteiger partial charge in [0.1, 0.15) is 0 Å². The first-order chi connectivity index (χ1) is 12.3. The molecule has 2 aliphatic rings. The predicted octanol–water partition coefficient (Wildman–Crippen LogP) is 2.90. The van der Waals surface area contributed by atoms with Crippen LogP contribution in [0.2, 0.25) is 0 Å². The number of ether oxygens (including phenoxy) is 2. The minimum absolute atomic E-state index is 0.0000515. The third-order valence-electron chi connectivity index (χ3n) is 4.73. The maximum Gasteiger partial charge on any atom is 0.317 e. The van der Waals surface area contributed by atoms with Crippen molar-refractivity contribution in [1.29, 1.82) is 0 Å². The summed E-state index contributed by atoms with van der Waals surface area (Å²) in [6.07, 6.45) is 6.35. The number of hydrogen-bond acceptors (Lipinski definition) is 4. The van der Waals surface area contributed by atoms with Gasteiger partial charge in [-0.1, -0.05) is 6.07 Å². The highest BCUT2D eigenvalue weighted by atomic mass is 16.7. The van der Waals surface area contributed by atoms with E-state index in [0.717, 1.165) is 48.4 Å². The summed E-state index contributed by atoms with van der Waals surface area (Å²) in [7, 11) is 0. The number of carbonyl (C=O) groups excluding carboxylic acids is 1. The third kappa shape index (κ3) is 3.38. The summed E-state index contributed by atoms with van der Waals surface area (Å²) in [6, 6.07) is 10.0. The number of urea groups is 1. The van der Waals surface area contributed by atoms with Gasteiger partial charge in [-0.25, -0.2) is 4.79 Å². The molecule has 6 nitrogen and oxygen atoms in total. The van der Waals surface area contributed by atoms with Gasteiger partial charge in [0.05, 0.1) is 6.04 Å². The Morgan fingerprint density at radius 1 is 1.20 bits per heavy atom. The first kappa shape index (κ1) is 15.7. The van der Waals surface area contributed by atoms with E-state index in [9.17, 15) is 4.79 Å². The molecule has 4 rings (SSSR count). The van der Waals surface area contributed by atoms with Crippen molar-refractivity contribution in [3.63, 3.8) is 0 Å². The number of rotatable bonds is 4. The minimum Gasteiger partial charge on any atom is -0.454 e. The average molecular weight is 339 g/mol. The quantitative estimate of drug-likeness (QED) is 0.930. The van der Waals surface area contributed by atoms with Crippen molar-refractivity contribution in [2.24, 2.45) is 0 Å². The van der Waals surface area contributed by atoms with Crippen LogP contribution in [0.4, 0.5) is 4.79 Å². The maximum atomic E-state index is 12.6. The van der Waals surface area contributed by atoms with Crippen LogP contribution in [0.1, 0.15) is 30.0 Å². The zero-order valence-electron chi connectivity index (χ0n) is 14.0. The molecule has 130 valence electrons. The highest BCUT2D eigenvalue weighted by Gasteiger charge is 2.29. The molecule has 1 N–H and O–H groups in total. The molecule has 0 saturated carbocycles. The first-order valence-electron chi connectivity index (χ1n) is 8.64. The molecular weight excluding hydrogens is 318 g/mol. The van der Waals surface area contributed by atoms with Gasteiger partial charge >= 0.3 is 6.03 Å². The van der Waals surface area contributed by atoms with Crippen LogP contribution in [0, 0.1) is 0 Å². The minimum atomic E-state index is 0.0000515. The molecule has 1 unspecified atom stereocenters. The van der Waals surface area contributed by atoms with Crippen LogP contribution in [0.15, 0.2) is 42.7 Å². The lowest BCUT2D eigenvalue weighted by atomic mass is 10.1. The van der Waals surface area contributed by atoms with Crippen LogP contribution >= 0.6 is 0 Å². The van der Waals surface area contributed by atoms with E-state index < -0.39 is 0 Å². The predicted molar refractivity (Wildman–Crippen MR) is 92.6 cm³/mol. The summed E-state index contributed by atoms with van der Waals surface area (Å²) in [4.78, 5) is 18.5. The van der Waals surface area contributed by atoms with Crippen LogP contribution in [0.25, 0.3) is 0 Å². The molecule has 0 radical (unpaired) electrons. The summed E-state index contributed by atoms with van der Waals surface area (Å²) in [5.74, 6) is 1.56. The molecular formula is C19H21N3O3. The topological polar surface area (TPSA) is 63.7 Å². The van der Waals surface area contributed by atoms with Gasteiger partial charge in [0.25, 0.3) is 0 Å². The van der Waals surface area contributed by atoms with Crippen molar-refractivity contribution < 1.29 is 14.3 Å². The number of carbonyl (C=O) groups is 1. The SMILES string of the molecule is O=C(NCCc1ccc2c(c1)OCO2)N1CCCC1c1ccncc1. The number of nitrogens with zero attached hydrogens (tertiary/aromatic N) is 2. The Morgan fingerprint density at radius 2 is 2.04 bits per heavy atom. The third-order valence-corrected chi connectivity index (χ3v) is 4.73. The van der Waals surface area contributed by atoms with E-state index in [0.29, 0.717) is 6.54 Å². The zero-order valence-corrected chi connectivity index (χ0v) is 14.0. The summed E-state index contributed by atoms with van der Waals surface area (Å²) >= 11 is 0. The van der Waals surface area contributed by atoms with Crippen molar-refractivity contribution in [2.45, 2.75) is 25.3 Å². The number of pyridine rings is 1. The number of amides is 2. The molecule has 2 amide bonds. The Labute approximate surface area is 146 Å². The molecule has 3 heterocycles. The van der Waals surface area contributed by atoms with Gasteiger partial charge in [0.2, 0.25) is 6.79 Å². The Morgan fingerprint density at radius 3 is 2.92 bits per heavy atom. The van der Waals surface area contributed by atoms with E-state index in [1.807, 2.05) is 35.2 Å². The smallest absolute Gasteiger partial charge is 0.317 e. The van der Waals surface area contributed by atoms with Crippen LogP contribution in [-0.4, -0.2) is 35.8 Å². The Bertz CT molecular complexity index is 751. The number of aromatic nitrogens is 1. The summed E-state index contributed by atoms with van der Waals surface area (Å²) in [5.41, 5.74) is 2.27. The molecule has 6 heteroatoms. The lowest BCUT2D eigenvalue weighted by Gasteiger charge is -2.25. The number of hydrogen-bond donors (Lipinski definition) is 1. The van der Waals surface area contributed by atoms with Gasteiger partial charge in [-0.2, -0.15) is 0 Å². The molecule has 1 atom stereocenters. The van der Waals surface area contributed by atoms with Crippen molar-refractivity contribution in [1.82, 2.24) is 15.2 Å². The monoisotopic (exact) mass is 339 g/mol. The van der Waals surface area contributed by atoms with Gasteiger partial charge in [-0.15, -0.1) is 0 Å². The van der Waals surface area contributed by atoms with Crippen LogP contribution in [0.3, 0.4) is 0 Å². The Hall–Kier alpha value is -2.76. The molecule has 1 fully saturated rings. The van der Waals surface area contributed by atoms with E-state index in [2.05, 4.69) is 10.3 Å². The van der Waals surface area contributed by atoms with E-state index in [-0.39, 0.29) is 18.9 Å². The summed E-state index contributed by atoms with van der Waals surface area (Å²) in [6.45, 7) is 1.67. The molecule has 0 bridgehead atoms. The zero-order chi connectivity index (χ0) is 17.1. The standard InChI is InChI=1S/C19H21N3O3/c23-19(22-11-1-2-16(22)15-6-8-20-9-7-15)21-10-5-14-3-4-17-18(12-14)25-13-24-17/h3-4,6-9,12,16H,1-2,5,10-11,13H2,(H,21,23). The van der Waals surface area contributed by atoms with E-state index >= 15 is 0 Å². The molecule has 25 heavy (non-hydrogen) atoms. The van der Waals surface area contributed by atoms with Crippen LogP contribution in [0.5, 0.6) is 11.5 Å². The van der Waals surface area contributed by atoms with Crippen molar-refractivity contribution in [2.75, 3.05) is 19.9 Å². The van der Waals surface area contributed by atoms with Gasteiger partial charge in [0.15, 0.2) is 11.5 Å². The second kappa shape index (κ2) is 7.01. The number of fused-ring (bicyclic) bond motifs is 1. The normalized spacial score (nSPS) is 18.4. The molecule has 2 aliphatic heterocycles. The molecule has 1 aromatic heterocycles. The number of likely N-dealkylation sites (tertiary alicyclic amines) is 1. The largest absolute Gasteiger partial charge is 0.454 e. The van der Waals surface area contributed by atoms with Gasteiger partial charge in [0, 0.05) is 25.5 Å². The van der Waals surface area contributed by atoms with Crippen LogP contribution in [-0.2, 0) is 6.42 Å². The fourth-order valence-corrected chi connectivity index (χ4v) is 3.45. The van der Waals surface area contributed by atoms with Crippen molar-refractivity contribution >= 4 is 6.03 Å². The van der Waals surface area contributed by atoms with Gasteiger partial charge in [-0.3, -0.25) is 4.98 Å². The second-order valence-corrected chi connectivity index (χ2v) is 6.30. The number of benzene rings is 1. The Balaban J connectivity index is 1.33. The lowest BCUT2D eigenvalue weighted by Crippen LogP contribution is -2.40. The summed E-state index contributed by atoms with van der Waals surface area (Å²) in [5, 5.41) is 3.04.